The number of aryl methyl sites for hydroxylation is 2. The summed E-state index contributed by atoms with van der Waals surface area (Å²) in [5.41, 5.74) is 6.33. The van der Waals surface area contributed by atoms with Crippen LogP contribution in [0.15, 0.2) is 42.5 Å². The SMILES string of the molecule is CCCCCCCCCC(=O)c1ccc2c(c1)CCc1ccccc1-2. The lowest BCUT2D eigenvalue weighted by Crippen LogP contribution is -2.06. The molecule has 0 aliphatic heterocycles. The Morgan fingerprint density at radius 2 is 1.48 bits per heavy atom. The molecule has 2 aromatic carbocycles. The Bertz CT molecular complexity index is 714. The molecule has 0 N–H and O–H groups in total. The molecular weight excluding hydrogens is 304 g/mol. The van der Waals surface area contributed by atoms with Gasteiger partial charge in [0.15, 0.2) is 5.78 Å². The first kappa shape index (κ1) is 17.9. The Kier molecular flexibility index (Phi) is 6.44. The molecule has 1 aliphatic rings. The maximum Gasteiger partial charge on any atom is 0.162 e. The molecule has 0 aromatic heterocycles. The van der Waals surface area contributed by atoms with Crippen molar-refractivity contribution in [2.45, 2.75) is 71.1 Å². The van der Waals surface area contributed by atoms with Crippen LogP contribution in [0.1, 0.15) is 79.8 Å². The van der Waals surface area contributed by atoms with E-state index >= 15 is 0 Å². The fraction of sp³-hybridized carbons (Fsp3) is 0.458. The van der Waals surface area contributed by atoms with E-state index in [9.17, 15) is 4.79 Å². The second kappa shape index (κ2) is 8.99. The number of ketones is 1. The molecule has 0 amide bonds. The van der Waals surface area contributed by atoms with Crippen molar-refractivity contribution < 1.29 is 4.79 Å². The summed E-state index contributed by atoms with van der Waals surface area (Å²) in [4.78, 5) is 12.5. The highest BCUT2D eigenvalue weighted by molar-refractivity contribution is 5.97. The van der Waals surface area contributed by atoms with Gasteiger partial charge in [-0.15, -0.1) is 0 Å². The zero-order valence-electron chi connectivity index (χ0n) is 15.5. The standard InChI is InChI=1S/C24H30O/c1-2-3-4-5-6-7-8-13-24(25)21-16-17-23-20(18-21)15-14-19-11-9-10-12-22(19)23/h9-12,16-18H,2-8,13-15H2,1H3. The number of carbonyl (C=O) groups is 1. The second-order valence-electron chi connectivity index (χ2n) is 7.32. The van der Waals surface area contributed by atoms with Gasteiger partial charge in [-0.2, -0.15) is 0 Å². The lowest BCUT2D eigenvalue weighted by molar-refractivity contribution is 0.0979. The highest BCUT2D eigenvalue weighted by Gasteiger charge is 2.17. The van der Waals surface area contributed by atoms with Gasteiger partial charge >= 0.3 is 0 Å². The van der Waals surface area contributed by atoms with E-state index in [1.807, 2.05) is 6.07 Å². The van der Waals surface area contributed by atoms with Crippen LogP contribution in [0.4, 0.5) is 0 Å². The molecule has 0 unspecified atom stereocenters. The maximum absolute atomic E-state index is 12.5. The molecule has 0 saturated heterocycles. The van der Waals surface area contributed by atoms with E-state index in [0.717, 1.165) is 24.8 Å². The summed E-state index contributed by atoms with van der Waals surface area (Å²) in [6.45, 7) is 2.25. The fourth-order valence-electron chi connectivity index (χ4n) is 3.89. The summed E-state index contributed by atoms with van der Waals surface area (Å²) in [5.74, 6) is 0.315. The molecule has 0 heterocycles. The van der Waals surface area contributed by atoms with Crippen molar-refractivity contribution in [1.82, 2.24) is 0 Å². The topological polar surface area (TPSA) is 17.1 Å². The minimum Gasteiger partial charge on any atom is -0.294 e. The maximum atomic E-state index is 12.5. The van der Waals surface area contributed by atoms with Crippen LogP contribution in [0.5, 0.6) is 0 Å². The summed E-state index contributed by atoms with van der Waals surface area (Å²) in [5, 5.41) is 0. The first-order valence-electron chi connectivity index (χ1n) is 10.0. The third-order valence-corrected chi connectivity index (χ3v) is 5.41. The zero-order valence-corrected chi connectivity index (χ0v) is 15.5. The molecule has 0 radical (unpaired) electrons. The molecule has 1 nitrogen and oxygen atoms in total. The van der Waals surface area contributed by atoms with Crippen LogP contribution in [-0.2, 0) is 12.8 Å². The van der Waals surface area contributed by atoms with Crippen molar-refractivity contribution in [2.75, 3.05) is 0 Å². The van der Waals surface area contributed by atoms with E-state index in [1.165, 1.54) is 60.8 Å². The number of rotatable bonds is 9. The van der Waals surface area contributed by atoms with Crippen LogP contribution < -0.4 is 0 Å². The Morgan fingerprint density at radius 3 is 2.32 bits per heavy atom. The lowest BCUT2D eigenvalue weighted by Gasteiger charge is -2.20. The van der Waals surface area contributed by atoms with Gasteiger partial charge in [-0.25, -0.2) is 0 Å². The number of benzene rings is 2. The molecule has 132 valence electrons. The second-order valence-corrected chi connectivity index (χ2v) is 7.32. The Balaban J connectivity index is 1.55. The van der Waals surface area contributed by atoms with E-state index in [0.29, 0.717) is 12.2 Å². The van der Waals surface area contributed by atoms with Gasteiger partial charge in [0.2, 0.25) is 0 Å². The highest BCUT2D eigenvalue weighted by Crippen LogP contribution is 2.34. The average molecular weight is 335 g/mol. The third kappa shape index (κ3) is 4.60. The monoisotopic (exact) mass is 334 g/mol. The number of Topliss-reactive ketones (excluding diaryl/α,β-unsaturated/α-hetero) is 1. The van der Waals surface area contributed by atoms with E-state index in [1.54, 1.807) is 0 Å². The molecule has 0 spiro atoms. The van der Waals surface area contributed by atoms with Crippen LogP contribution in [0.3, 0.4) is 0 Å². The molecule has 1 aliphatic carbocycles. The van der Waals surface area contributed by atoms with Gasteiger partial charge in [0.05, 0.1) is 0 Å². The Hall–Kier alpha value is -1.89. The summed E-state index contributed by atoms with van der Waals surface area (Å²) in [6.07, 6.45) is 11.6. The van der Waals surface area contributed by atoms with Crippen molar-refractivity contribution in [3.8, 4) is 11.1 Å². The largest absolute Gasteiger partial charge is 0.294 e. The number of fused-ring (bicyclic) bond motifs is 3. The first-order chi connectivity index (χ1) is 12.3. The van der Waals surface area contributed by atoms with Crippen LogP contribution in [-0.4, -0.2) is 5.78 Å². The van der Waals surface area contributed by atoms with E-state index in [-0.39, 0.29) is 0 Å². The highest BCUT2D eigenvalue weighted by atomic mass is 16.1. The van der Waals surface area contributed by atoms with Crippen molar-refractivity contribution in [3.63, 3.8) is 0 Å². The van der Waals surface area contributed by atoms with Gasteiger partial charge in [-0.05, 0) is 47.6 Å². The number of hydrogen-bond acceptors (Lipinski definition) is 1. The third-order valence-electron chi connectivity index (χ3n) is 5.41. The van der Waals surface area contributed by atoms with Crippen molar-refractivity contribution in [1.29, 1.82) is 0 Å². The molecular formula is C24H30O. The Morgan fingerprint density at radius 1 is 0.800 bits per heavy atom. The molecule has 2 aromatic rings. The van der Waals surface area contributed by atoms with Crippen LogP contribution in [0.25, 0.3) is 11.1 Å². The van der Waals surface area contributed by atoms with E-state index < -0.39 is 0 Å². The lowest BCUT2D eigenvalue weighted by atomic mass is 9.84. The normalized spacial score (nSPS) is 12.5. The van der Waals surface area contributed by atoms with Crippen LogP contribution in [0.2, 0.25) is 0 Å². The average Bonchev–Trinajstić information content (AvgIpc) is 2.66. The molecule has 0 fully saturated rings. The van der Waals surface area contributed by atoms with Gasteiger partial charge in [-0.3, -0.25) is 4.79 Å². The number of carbonyl (C=O) groups excluding carboxylic acids is 1. The Labute approximate surface area is 152 Å². The summed E-state index contributed by atoms with van der Waals surface area (Å²) in [7, 11) is 0. The minimum atomic E-state index is 0.315. The number of hydrogen-bond donors (Lipinski definition) is 0. The smallest absolute Gasteiger partial charge is 0.162 e. The van der Waals surface area contributed by atoms with Gasteiger partial charge in [0.25, 0.3) is 0 Å². The predicted octanol–water partition coefficient (Wildman–Crippen LogP) is 6.78. The minimum absolute atomic E-state index is 0.315. The molecule has 25 heavy (non-hydrogen) atoms. The predicted molar refractivity (Wildman–Crippen MR) is 106 cm³/mol. The summed E-state index contributed by atoms with van der Waals surface area (Å²) >= 11 is 0. The zero-order chi connectivity index (χ0) is 17.5. The molecule has 0 atom stereocenters. The van der Waals surface area contributed by atoms with Gasteiger partial charge in [-0.1, -0.05) is 81.8 Å². The van der Waals surface area contributed by atoms with Gasteiger partial charge < -0.3 is 0 Å². The molecule has 3 rings (SSSR count). The number of unbranched alkanes of at least 4 members (excludes halogenated alkanes) is 6. The molecule has 0 bridgehead atoms. The molecule has 0 saturated carbocycles. The van der Waals surface area contributed by atoms with E-state index in [4.69, 9.17) is 0 Å². The van der Waals surface area contributed by atoms with Crippen molar-refractivity contribution in [3.05, 3.63) is 59.2 Å². The first-order valence-corrected chi connectivity index (χ1v) is 10.0. The van der Waals surface area contributed by atoms with Gasteiger partial charge in [0.1, 0.15) is 0 Å². The van der Waals surface area contributed by atoms with Crippen molar-refractivity contribution >= 4 is 5.78 Å². The van der Waals surface area contributed by atoms with Gasteiger partial charge in [0, 0.05) is 12.0 Å². The van der Waals surface area contributed by atoms with Crippen molar-refractivity contribution in [2.24, 2.45) is 0 Å². The molecule has 1 heteroatoms. The van der Waals surface area contributed by atoms with E-state index in [2.05, 4.69) is 43.3 Å². The quantitative estimate of drug-likeness (QED) is 0.365. The fourth-order valence-corrected chi connectivity index (χ4v) is 3.89. The van der Waals surface area contributed by atoms with Crippen LogP contribution >= 0.6 is 0 Å². The summed E-state index contributed by atoms with van der Waals surface area (Å²) in [6, 6.07) is 15.0. The van der Waals surface area contributed by atoms with Crippen LogP contribution in [0, 0.1) is 0 Å². The summed E-state index contributed by atoms with van der Waals surface area (Å²) < 4.78 is 0.